The van der Waals surface area contributed by atoms with E-state index < -0.39 is 0 Å². The molecule has 0 saturated carbocycles. The van der Waals surface area contributed by atoms with Crippen LogP contribution in [0.3, 0.4) is 0 Å². The van der Waals surface area contributed by atoms with Crippen LogP contribution in [-0.4, -0.2) is 37.1 Å². The minimum atomic E-state index is 0.421. The molecule has 1 rings (SSSR count). The molecule has 0 bridgehead atoms. The quantitative estimate of drug-likeness (QED) is 0.667. The van der Waals surface area contributed by atoms with E-state index in [9.17, 15) is 0 Å². The number of nitrogens with one attached hydrogen (secondary N) is 1. The summed E-state index contributed by atoms with van der Waals surface area (Å²) in [4.78, 5) is 2.60. The monoisotopic (exact) mass is 184 g/mol. The van der Waals surface area contributed by atoms with Gasteiger partial charge >= 0.3 is 0 Å². The first kappa shape index (κ1) is 11.0. The Balaban J connectivity index is 2.53. The third-order valence-electron chi connectivity index (χ3n) is 2.76. The third kappa shape index (κ3) is 3.65. The van der Waals surface area contributed by atoms with E-state index in [2.05, 4.69) is 37.9 Å². The zero-order valence-electron chi connectivity index (χ0n) is 9.56. The van der Waals surface area contributed by atoms with Crippen LogP contribution in [0.2, 0.25) is 0 Å². The van der Waals surface area contributed by atoms with Gasteiger partial charge in [-0.1, -0.05) is 13.8 Å². The second-order valence-electron chi connectivity index (χ2n) is 5.26. The molecule has 0 radical (unpaired) electrons. The number of rotatable bonds is 1. The van der Waals surface area contributed by atoms with Crippen LogP contribution < -0.4 is 5.32 Å². The van der Waals surface area contributed by atoms with Crippen molar-refractivity contribution >= 4 is 0 Å². The second kappa shape index (κ2) is 4.43. The molecule has 0 amide bonds. The Hall–Kier alpha value is -0.0800. The molecular weight excluding hydrogens is 160 g/mol. The van der Waals surface area contributed by atoms with Crippen molar-refractivity contribution in [2.24, 2.45) is 5.41 Å². The summed E-state index contributed by atoms with van der Waals surface area (Å²) in [5, 5.41) is 3.51. The van der Waals surface area contributed by atoms with Gasteiger partial charge in [-0.2, -0.15) is 0 Å². The Kier molecular flexibility index (Phi) is 3.74. The lowest BCUT2D eigenvalue weighted by Crippen LogP contribution is -2.46. The second-order valence-corrected chi connectivity index (χ2v) is 5.26. The average molecular weight is 184 g/mol. The fourth-order valence-electron chi connectivity index (χ4n) is 1.96. The summed E-state index contributed by atoms with van der Waals surface area (Å²) in [5.41, 5.74) is 0.421. The zero-order valence-corrected chi connectivity index (χ0v) is 9.56. The fraction of sp³-hybridized carbons (Fsp3) is 1.00. The van der Waals surface area contributed by atoms with Crippen molar-refractivity contribution in [2.75, 3.05) is 26.2 Å². The van der Waals surface area contributed by atoms with Crippen LogP contribution in [0.5, 0.6) is 0 Å². The van der Waals surface area contributed by atoms with Crippen molar-refractivity contribution in [3.8, 4) is 0 Å². The normalized spacial score (nSPS) is 25.6. The summed E-state index contributed by atoms with van der Waals surface area (Å²) >= 11 is 0. The molecule has 0 unspecified atom stereocenters. The van der Waals surface area contributed by atoms with E-state index in [0.717, 1.165) is 6.54 Å². The van der Waals surface area contributed by atoms with Gasteiger partial charge in [-0.25, -0.2) is 0 Å². The summed E-state index contributed by atoms with van der Waals surface area (Å²) in [5.74, 6) is 0. The zero-order chi connectivity index (χ0) is 9.90. The first-order valence-electron chi connectivity index (χ1n) is 5.46. The van der Waals surface area contributed by atoms with Crippen LogP contribution >= 0.6 is 0 Å². The Morgan fingerprint density at radius 3 is 2.62 bits per heavy atom. The highest BCUT2D eigenvalue weighted by molar-refractivity contribution is 4.80. The molecule has 13 heavy (non-hydrogen) atoms. The maximum absolute atomic E-state index is 3.51. The molecule has 1 heterocycles. The van der Waals surface area contributed by atoms with Gasteiger partial charge < -0.3 is 10.2 Å². The number of hydrogen-bond donors (Lipinski definition) is 1. The molecule has 1 N–H and O–H groups in total. The Morgan fingerprint density at radius 2 is 2.00 bits per heavy atom. The first-order valence-corrected chi connectivity index (χ1v) is 5.46. The van der Waals surface area contributed by atoms with Crippen molar-refractivity contribution in [2.45, 2.75) is 40.2 Å². The van der Waals surface area contributed by atoms with Crippen LogP contribution in [0.15, 0.2) is 0 Å². The van der Waals surface area contributed by atoms with E-state index in [1.165, 1.54) is 26.1 Å². The summed E-state index contributed by atoms with van der Waals surface area (Å²) < 4.78 is 0. The summed E-state index contributed by atoms with van der Waals surface area (Å²) in [6, 6.07) is 0.692. The van der Waals surface area contributed by atoms with Gasteiger partial charge in [0.1, 0.15) is 0 Å². The summed E-state index contributed by atoms with van der Waals surface area (Å²) in [6.07, 6.45) is 1.29. The predicted molar refractivity (Wildman–Crippen MR) is 58.0 cm³/mol. The predicted octanol–water partition coefficient (Wildman–Crippen LogP) is 1.72. The Labute approximate surface area is 82.7 Å². The van der Waals surface area contributed by atoms with Crippen LogP contribution in [0.4, 0.5) is 0 Å². The van der Waals surface area contributed by atoms with E-state index in [-0.39, 0.29) is 0 Å². The van der Waals surface area contributed by atoms with Crippen LogP contribution in [-0.2, 0) is 0 Å². The van der Waals surface area contributed by atoms with E-state index in [0.29, 0.717) is 11.5 Å². The molecule has 1 aliphatic rings. The lowest BCUT2D eigenvalue weighted by atomic mass is 9.91. The van der Waals surface area contributed by atoms with Gasteiger partial charge in [0.25, 0.3) is 0 Å². The van der Waals surface area contributed by atoms with E-state index in [1.54, 1.807) is 0 Å². The molecule has 78 valence electrons. The summed E-state index contributed by atoms with van der Waals surface area (Å²) in [6.45, 7) is 14.1. The fourth-order valence-corrected chi connectivity index (χ4v) is 1.96. The highest BCUT2D eigenvalue weighted by Crippen LogP contribution is 2.19. The third-order valence-corrected chi connectivity index (χ3v) is 2.76. The Bertz CT molecular complexity index is 152. The minimum Gasteiger partial charge on any atom is -0.316 e. The van der Waals surface area contributed by atoms with Crippen molar-refractivity contribution in [1.82, 2.24) is 10.2 Å². The highest BCUT2D eigenvalue weighted by Gasteiger charge is 2.24. The van der Waals surface area contributed by atoms with E-state index in [4.69, 9.17) is 0 Å². The van der Waals surface area contributed by atoms with Crippen LogP contribution in [0.1, 0.15) is 34.1 Å². The molecule has 0 aromatic rings. The maximum atomic E-state index is 3.51. The van der Waals surface area contributed by atoms with E-state index in [1.807, 2.05) is 0 Å². The molecule has 2 nitrogen and oxygen atoms in total. The highest BCUT2D eigenvalue weighted by atomic mass is 15.2. The smallest absolute Gasteiger partial charge is 0.00475 e. The summed E-state index contributed by atoms with van der Waals surface area (Å²) in [7, 11) is 0. The minimum absolute atomic E-state index is 0.421. The molecule has 0 aliphatic carbocycles. The van der Waals surface area contributed by atoms with Gasteiger partial charge in [0, 0.05) is 19.1 Å². The molecule has 1 fully saturated rings. The SMILES string of the molecule is CC(C)N1CCCNCC(C)(C)C1. The maximum Gasteiger partial charge on any atom is 0.00475 e. The van der Waals surface area contributed by atoms with Crippen molar-refractivity contribution in [1.29, 1.82) is 0 Å². The standard InChI is InChI=1S/C11H24N2/c1-10(2)13-7-5-6-12-8-11(3,4)9-13/h10,12H,5-9H2,1-4H3. The van der Waals surface area contributed by atoms with Gasteiger partial charge in [0.2, 0.25) is 0 Å². The topological polar surface area (TPSA) is 15.3 Å². The molecule has 1 saturated heterocycles. The van der Waals surface area contributed by atoms with Crippen molar-refractivity contribution in [3.05, 3.63) is 0 Å². The van der Waals surface area contributed by atoms with Crippen LogP contribution in [0.25, 0.3) is 0 Å². The van der Waals surface area contributed by atoms with Gasteiger partial charge in [0.05, 0.1) is 0 Å². The lowest BCUT2D eigenvalue weighted by molar-refractivity contribution is 0.128. The molecule has 0 spiro atoms. The first-order chi connectivity index (χ1) is 6.01. The van der Waals surface area contributed by atoms with Gasteiger partial charge in [-0.05, 0) is 38.8 Å². The van der Waals surface area contributed by atoms with Crippen molar-refractivity contribution < 1.29 is 0 Å². The van der Waals surface area contributed by atoms with Gasteiger partial charge in [-0.15, -0.1) is 0 Å². The molecule has 2 heteroatoms. The van der Waals surface area contributed by atoms with Gasteiger partial charge in [-0.3, -0.25) is 0 Å². The number of hydrogen-bond acceptors (Lipinski definition) is 2. The van der Waals surface area contributed by atoms with Gasteiger partial charge in [0.15, 0.2) is 0 Å². The average Bonchev–Trinajstić information content (AvgIpc) is 1.97. The number of nitrogens with zero attached hydrogens (tertiary/aromatic N) is 1. The van der Waals surface area contributed by atoms with E-state index >= 15 is 0 Å². The van der Waals surface area contributed by atoms with Crippen LogP contribution in [0, 0.1) is 5.41 Å². The Morgan fingerprint density at radius 1 is 1.31 bits per heavy atom. The van der Waals surface area contributed by atoms with Crippen molar-refractivity contribution in [3.63, 3.8) is 0 Å². The molecule has 0 atom stereocenters. The molecule has 0 aromatic heterocycles. The molecule has 0 aromatic carbocycles. The molecule has 1 aliphatic heterocycles. The largest absolute Gasteiger partial charge is 0.316 e. The molecular formula is C11H24N2. The lowest BCUT2D eigenvalue weighted by Gasteiger charge is -2.37.